The van der Waals surface area contributed by atoms with Crippen LogP contribution in [0.3, 0.4) is 0 Å². The number of rotatable bonds is 6. The third-order valence-corrected chi connectivity index (χ3v) is 4.38. The molecule has 1 fully saturated rings. The van der Waals surface area contributed by atoms with Gasteiger partial charge in [0.2, 0.25) is 11.8 Å². The summed E-state index contributed by atoms with van der Waals surface area (Å²) in [6.45, 7) is 4.74. The molecule has 0 radical (unpaired) electrons. The molecule has 1 saturated heterocycles. The van der Waals surface area contributed by atoms with Gasteiger partial charge in [0.25, 0.3) is 0 Å². The zero-order chi connectivity index (χ0) is 15.9. The summed E-state index contributed by atoms with van der Waals surface area (Å²) in [4.78, 5) is 23.0. The molecule has 0 bridgehead atoms. The second-order valence-corrected chi connectivity index (χ2v) is 6.13. The first-order valence-corrected chi connectivity index (χ1v) is 7.92. The van der Waals surface area contributed by atoms with Crippen molar-refractivity contribution in [3.05, 3.63) is 35.4 Å². The van der Waals surface area contributed by atoms with Crippen LogP contribution < -0.4 is 16.4 Å². The Hall–Kier alpha value is -1.88. The summed E-state index contributed by atoms with van der Waals surface area (Å²) in [5.74, 6) is 0.627. The second-order valence-electron chi connectivity index (χ2n) is 6.13. The predicted octanol–water partition coefficient (Wildman–Crippen LogP) is 1.43. The van der Waals surface area contributed by atoms with Gasteiger partial charge in [-0.05, 0) is 55.5 Å². The summed E-state index contributed by atoms with van der Waals surface area (Å²) in [5, 5.41) is 6.33. The molecule has 1 heterocycles. The largest absolute Gasteiger partial charge is 0.366 e. The van der Waals surface area contributed by atoms with Gasteiger partial charge in [-0.15, -0.1) is 0 Å². The van der Waals surface area contributed by atoms with E-state index in [1.165, 1.54) is 12.8 Å². The van der Waals surface area contributed by atoms with Crippen molar-refractivity contribution in [1.29, 1.82) is 0 Å². The van der Waals surface area contributed by atoms with Gasteiger partial charge >= 0.3 is 0 Å². The molecule has 1 aliphatic rings. The summed E-state index contributed by atoms with van der Waals surface area (Å²) >= 11 is 0. The Kier molecular flexibility index (Phi) is 5.95. The zero-order valence-electron chi connectivity index (χ0n) is 13.1. The van der Waals surface area contributed by atoms with E-state index in [0.717, 1.165) is 18.7 Å². The van der Waals surface area contributed by atoms with E-state index in [2.05, 4.69) is 17.6 Å². The molecular formula is C17H25N3O2. The van der Waals surface area contributed by atoms with Crippen LogP contribution in [-0.2, 0) is 11.3 Å². The maximum atomic E-state index is 12.0. The maximum Gasteiger partial charge on any atom is 0.248 e. The van der Waals surface area contributed by atoms with Crippen molar-refractivity contribution in [1.82, 2.24) is 10.6 Å². The number of piperidine rings is 1. The molecule has 0 aliphatic carbocycles. The molecular weight excluding hydrogens is 278 g/mol. The van der Waals surface area contributed by atoms with E-state index in [1.54, 1.807) is 12.1 Å². The van der Waals surface area contributed by atoms with Crippen molar-refractivity contribution in [2.24, 2.45) is 17.6 Å². The molecule has 5 nitrogen and oxygen atoms in total. The number of nitrogens with one attached hydrogen (secondary N) is 2. The minimum absolute atomic E-state index is 0.0806. The normalized spacial score (nSPS) is 19.4. The lowest BCUT2D eigenvalue weighted by Gasteiger charge is -2.28. The molecule has 0 aromatic heterocycles. The zero-order valence-corrected chi connectivity index (χ0v) is 13.1. The Morgan fingerprint density at radius 2 is 2.09 bits per heavy atom. The number of carbonyl (C=O) groups is 2. The Bertz CT molecular complexity index is 507. The van der Waals surface area contributed by atoms with E-state index in [9.17, 15) is 9.59 Å². The molecule has 1 aromatic rings. The number of nitrogens with two attached hydrogens (primary N) is 1. The fourth-order valence-corrected chi connectivity index (χ4v) is 2.88. The SMILES string of the molecule is CC(CC(=O)NCc1ccc(C(N)=O)cc1)C1CCCNC1. The molecule has 5 heteroatoms. The van der Waals surface area contributed by atoms with Gasteiger partial charge in [0.1, 0.15) is 0 Å². The van der Waals surface area contributed by atoms with E-state index in [-0.39, 0.29) is 5.91 Å². The smallest absolute Gasteiger partial charge is 0.248 e. The highest BCUT2D eigenvalue weighted by Crippen LogP contribution is 2.22. The topological polar surface area (TPSA) is 84.2 Å². The lowest BCUT2D eigenvalue weighted by molar-refractivity contribution is -0.122. The standard InChI is InChI=1S/C17H25N3O2/c1-12(15-3-2-8-19-11-15)9-16(21)20-10-13-4-6-14(7-5-13)17(18)22/h4-7,12,15,19H,2-3,8-11H2,1H3,(H2,18,22)(H,20,21). The van der Waals surface area contributed by atoms with Crippen LogP contribution in [0.15, 0.2) is 24.3 Å². The summed E-state index contributed by atoms with van der Waals surface area (Å²) in [7, 11) is 0. The van der Waals surface area contributed by atoms with Crippen LogP contribution in [-0.4, -0.2) is 24.9 Å². The monoisotopic (exact) mass is 303 g/mol. The van der Waals surface area contributed by atoms with Gasteiger partial charge in [-0.2, -0.15) is 0 Å². The van der Waals surface area contributed by atoms with Crippen molar-refractivity contribution < 1.29 is 9.59 Å². The van der Waals surface area contributed by atoms with Crippen LogP contribution in [0.5, 0.6) is 0 Å². The molecule has 2 unspecified atom stereocenters. The van der Waals surface area contributed by atoms with E-state index in [1.807, 2.05) is 12.1 Å². The Labute approximate surface area is 131 Å². The third-order valence-electron chi connectivity index (χ3n) is 4.38. The Morgan fingerprint density at radius 3 is 2.68 bits per heavy atom. The second kappa shape index (κ2) is 7.94. The lowest BCUT2D eigenvalue weighted by atomic mass is 9.85. The van der Waals surface area contributed by atoms with Crippen molar-refractivity contribution in [2.75, 3.05) is 13.1 Å². The van der Waals surface area contributed by atoms with Crippen molar-refractivity contribution in [3.63, 3.8) is 0 Å². The average Bonchev–Trinajstić information content (AvgIpc) is 2.54. The minimum atomic E-state index is -0.439. The highest BCUT2D eigenvalue weighted by molar-refractivity contribution is 5.92. The molecule has 2 rings (SSSR count). The van der Waals surface area contributed by atoms with Gasteiger partial charge in [-0.3, -0.25) is 9.59 Å². The summed E-state index contributed by atoms with van der Waals surface area (Å²) in [5.41, 5.74) is 6.64. The van der Waals surface area contributed by atoms with Gasteiger partial charge in [0.15, 0.2) is 0 Å². The minimum Gasteiger partial charge on any atom is -0.366 e. The lowest BCUT2D eigenvalue weighted by Crippen LogP contribution is -2.35. The molecule has 2 amide bonds. The van der Waals surface area contributed by atoms with Crippen LogP contribution in [0.1, 0.15) is 42.1 Å². The number of carbonyl (C=O) groups excluding carboxylic acids is 2. The summed E-state index contributed by atoms with van der Waals surface area (Å²) in [6, 6.07) is 6.99. The third kappa shape index (κ3) is 4.84. The number of primary amides is 1. The maximum absolute atomic E-state index is 12.0. The average molecular weight is 303 g/mol. The van der Waals surface area contributed by atoms with Crippen LogP contribution in [0.25, 0.3) is 0 Å². The first-order chi connectivity index (χ1) is 10.6. The quantitative estimate of drug-likeness (QED) is 0.743. The van der Waals surface area contributed by atoms with Crippen LogP contribution >= 0.6 is 0 Å². The van der Waals surface area contributed by atoms with Gasteiger partial charge < -0.3 is 16.4 Å². The van der Waals surface area contributed by atoms with Gasteiger partial charge in [-0.1, -0.05) is 19.1 Å². The first-order valence-electron chi connectivity index (χ1n) is 7.92. The molecule has 1 aromatic carbocycles. The number of amides is 2. The highest BCUT2D eigenvalue weighted by atomic mass is 16.1. The van der Waals surface area contributed by atoms with Crippen LogP contribution in [0.4, 0.5) is 0 Å². The van der Waals surface area contributed by atoms with E-state index in [0.29, 0.717) is 30.4 Å². The fourth-order valence-electron chi connectivity index (χ4n) is 2.88. The van der Waals surface area contributed by atoms with Gasteiger partial charge in [0, 0.05) is 18.5 Å². The van der Waals surface area contributed by atoms with E-state index < -0.39 is 5.91 Å². The Morgan fingerprint density at radius 1 is 1.36 bits per heavy atom. The molecule has 120 valence electrons. The molecule has 22 heavy (non-hydrogen) atoms. The van der Waals surface area contributed by atoms with Crippen LogP contribution in [0, 0.1) is 11.8 Å². The number of benzene rings is 1. The molecule has 0 saturated carbocycles. The predicted molar refractivity (Wildman–Crippen MR) is 86.2 cm³/mol. The van der Waals surface area contributed by atoms with E-state index >= 15 is 0 Å². The van der Waals surface area contributed by atoms with Crippen LogP contribution in [0.2, 0.25) is 0 Å². The van der Waals surface area contributed by atoms with Crippen molar-refractivity contribution >= 4 is 11.8 Å². The van der Waals surface area contributed by atoms with E-state index in [4.69, 9.17) is 5.73 Å². The number of hydrogen-bond donors (Lipinski definition) is 3. The van der Waals surface area contributed by atoms with Crippen molar-refractivity contribution in [3.8, 4) is 0 Å². The fraction of sp³-hybridized carbons (Fsp3) is 0.529. The first kappa shape index (κ1) is 16.5. The summed E-state index contributed by atoms with van der Waals surface area (Å²) < 4.78 is 0. The summed E-state index contributed by atoms with van der Waals surface area (Å²) in [6.07, 6.45) is 2.96. The molecule has 1 aliphatic heterocycles. The molecule has 2 atom stereocenters. The molecule has 0 spiro atoms. The van der Waals surface area contributed by atoms with Gasteiger partial charge in [-0.25, -0.2) is 0 Å². The highest BCUT2D eigenvalue weighted by Gasteiger charge is 2.21. The van der Waals surface area contributed by atoms with Crippen molar-refractivity contribution in [2.45, 2.75) is 32.7 Å². The Balaban J connectivity index is 1.75. The number of hydrogen-bond acceptors (Lipinski definition) is 3. The molecule has 4 N–H and O–H groups in total. The van der Waals surface area contributed by atoms with Gasteiger partial charge in [0.05, 0.1) is 0 Å².